The normalized spacial score (nSPS) is 10.9. The third-order valence-corrected chi connectivity index (χ3v) is 6.33. The van der Waals surface area contributed by atoms with Crippen molar-refractivity contribution in [2.24, 2.45) is 0 Å². The largest absolute Gasteiger partial charge is 0.392 e. The Morgan fingerprint density at radius 2 is 1.21 bits per heavy atom. The molecule has 0 aliphatic carbocycles. The van der Waals surface area contributed by atoms with E-state index in [4.69, 9.17) is 0 Å². The third-order valence-electron chi connectivity index (χ3n) is 6.33. The van der Waals surface area contributed by atoms with Crippen LogP contribution in [0, 0.1) is 0 Å². The van der Waals surface area contributed by atoms with E-state index in [1.54, 1.807) is 25.2 Å². The minimum absolute atomic E-state index is 0.191. The van der Waals surface area contributed by atoms with Crippen molar-refractivity contribution in [3.63, 3.8) is 0 Å². The zero-order valence-electron chi connectivity index (χ0n) is 21.2. The van der Waals surface area contributed by atoms with Gasteiger partial charge in [-0.3, -0.25) is 9.59 Å². The van der Waals surface area contributed by atoms with Gasteiger partial charge in [0.05, 0.1) is 6.61 Å². The first kappa shape index (κ1) is 29.2. The minimum Gasteiger partial charge on any atom is -0.392 e. The molecule has 0 spiro atoms. The fourth-order valence-corrected chi connectivity index (χ4v) is 4.20. The molecule has 0 saturated carbocycles. The molecule has 5 heteroatoms. The van der Waals surface area contributed by atoms with E-state index in [0.29, 0.717) is 23.2 Å². The average Bonchev–Trinajstić information content (AvgIpc) is 2.84. The van der Waals surface area contributed by atoms with Gasteiger partial charge in [-0.25, -0.2) is 0 Å². The summed E-state index contributed by atoms with van der Waals surface area (Å²) in [6, 6.07) is 4.79. The molecule has 0 aromatic heterocycles. The van der Waals surface area contributed by atoms with Gasteiger partial charge in [0, 0.05) is 24.7 Å². The van der Waals surface area contributed by atoms with Crippen molar-refractivity contribution >= 4 is 11.8 Å². The van der Waals surface area contributed by atoms with E-state index in [9.17, 15) is 14.7 Å². The second-order valence-electron chi connectivity index (χ2n) is 9.17. The predicted octanol–water partition coefficient (Wildman–Crippen LogP) is 6.53. The van der Waals surface area contributed by atoms with E-state index < -0.39 is 0 Å². The van der Waals surface area contributed by atoms with Gasteiger partial charge in [-0.1, -0.05) is 103 Å². The van der Waals surface area contributed by atoms with Crippen molar-refractivity contribution < 1.29 is 14.7 Å². The molecular weight excluding hydrogens is 412 g/mol. The van der Waals surface area contributed by atoms with E-state index in [1.807, 2.05) is 0 Å². The summed E-state index contributed by atoms with van der Waals surface area (Å²) < 4.78 is 0. The summed E-state index contributed by atoms with van der Waals surface area (Å²) in [6.45, 7) is 2.64. The van der Waals surface area contributed by atoms with Crippen LogP contribution in [0.2, 0.25) is 0 Å². The van der Waals surface area contributed by atoms with Gasteiger partial charge in [0.1, 0.15) is 0 Å². The molecule has 5 nitrogen and oxygen atoms in total. The molecule has 0 bridgehead atoms. The number of aliphatic hydroxyl groups excluding tert-OH is 1. The highest BCUT2D eigenvalue weighted by atomic mass is 16.3. The standard InChI is InChI=1S/C28H48N2O3/c1-3-4-5-6-7-8-9-10-11-12-13-14-15-16-17-18-21-30-28(33)26-20-19-24(27(32)29-2)22-25(26)23-31/h19-20,22,31H,3-18,21,23H2,1-2H3,(H,29,32)(H,30,33). The average molecular weight is 461 g/mol. The number of carbonyl (C=O) groups excluding carboxylic acids is 2. The van der Waals surface area contributed by atoms with E-state index in [1.165, 1.54) is 89.9 Å². The zero-order chi connectivity index (χ0) is 24.2. The summed E-state index contributed by atoms with van der Waals surface area (Å²) in [6.07, 6.45) is 21.3. The summed E-state index contributed by atoms with van der Waals surface area (Å²) in [7, 11) is 1.56. The van der Waals surface area contributed by atoms with Gasteiger partial charge in [0.2, 0.25) is 0 Å². The van der Waals surface area contributed by atoms with Gasteiger partial charge in [0.15, 0.2) is 0 Å². The maximum atomic E-state index is 12.4. The fourth-order valence-electron chi connectivity index (χ4n) is 4.20. The summed E-state index contributed by atoms with van der Waals surface area (Å²) in [5.74, 6) is -0.423. The van der Waals surface area contributed by atoms with Crippen LogP contribution in [0.15, 0.2) is 18.2 Å². The molecule has 1 aromatic rings. The van der Waals surface area contributed by atoms with Gasteiger partial charge in [-0.15, -0.1) is 0 Å². The minimum atomic E-state index is -0.271. The maximum Gasteiger partial charge on any atom is 0.251 e. The quantitative estimate of drug-likeness (QED) is 0.194. The molecule has 1 rings (SSSR count). The van der Waals surface area contributed by atoms with Crippen molar-refractivity contribution in [1.82, 2.24) is 10.6 Å². The van der Waals surface area contributed by atoms with Gasteiger partial charge in [-0.2, -0.15) is 0 Å². The topological polar surface area (TPSA) is 78.4 Å². The number of nitrogens with one attached hydrogen (secondary N) is 2. The highest BCUT2D eigenvalue weighted by Gasteiger charge is 2.13. The Morgan fingerprint density at radius 1 is 0.727 bits per heavy atom. The third kappa shape index (κ3) is 13.4. The molecule has 1 aromatic carbocycles. The number of rotatable bonds is 20. The zero-order valence-corrected chi connectivity index (χ0v) is 21.2. The molecule has 0 radical (unpaired) electrons. The second-order valence-corrected chi connectivity index (χ2v) is 9.17. The summed E-state index contributed by atoms with van der Waals surface area (Å²) in [4.78, 5) is 24.1. The molecule has 2 amide bonds. The van der Waals surface area contributed by atoms with Crippen LogP contribution in [-0.4, -0.2) is 30.5 Å². The first-order valence-electron chi connectivity index (χ1n) is 13.4. The number of benzene rings is 1. The molecule has 188 valence electrons. The van der Waals surface area contributed by atoms with Crippen LogP contribution in [-0.2, 0) is 6.61 Å². The number of hydrogen-bond acceptors (Lipinski definition) is 3. The molecule has 0 fully saturated rings. The lowest BCUT2D eigenvalue weighted by molar-refractivity contribution is 0.0942. The van der Waals surface area contributed by atoms with Crippen molar-refractivity contribution in [2.75, 3.05) is 13.6 Å². The number of amides is 2. The monoisotopic (exact) mass is 460 g/mol. The molecule has 0 aliphatic rings. The Hall–Kier alpha value is -1.88. The lowest BCUT2D eigenvalue weighted by Gasteiger charge is -2.10. The molecule has 0 unspecified atom stereocenters. The van der Waals surface area contributed by atoms with Crippen LogP contribution in [0.25, 0.3) is 0 Å². The molecule has 3 N–H and O–H groups in total. The number of unbranched alkanes of at least 4 members (excludes halogenated alkanes) is 15. The first-order valence-corrected chi connectivity index (χ1v) is 13.4. The van der Waals surface area contributed by atoms with Gasteiger partial charge < -0.3 is 15.7 Å². The van der Waals surface area contributed by atoms with E-state index >= 15 is 0 Å². The van der Waals surface area contributed by atoms with E-state index in [0.717, 1.165) is 12.8 Å². The Bertz CT molecular complexity index is 661. The Kier molecular flexibility index (Phi) is 17.3. The predicted molar refractivity (Wildman–Crippen MR) is 138 cm³/mol. The number of carbonyl (C=O) groups is 2. The van der Waals surface area contributed by atoms with Crippen LogP contribution >= 0.6 is 0 Å². The van der Waals surface area contributed by atoms with Crippen molar-refractivity contribution in [2.45, 2.75) is 116 Å². The lowest BCUT2D eigenvalue weighted by atomic mass is 10.0. The van der Waals surface area contributed by atoms with Crippen LogP contribution in [0.1, 0.15) is 136 Å². The smallest absolute Gasteiger partial charge is 0.251 e. The highest BCUT2D eigenvalue weighted by molar-refractivity contribution is 5.99. The summed E-state index contributed by atoms with van der Waals surface area (Å²) >= 11 is 0. The van der Waals surface area contributed by atoms with Crippen molar-refractivity contribution in [3.05, 3.63) is 34.9 Å². The summed E-state index contributed by atoms with van der Waals surface area (Å²) in [5, 5.41) is 15.0. The molecule has 0 atom stereocenters. The second kappa shape index (κ2) is 19.6. The van der Waals surface area contributed by atoms with Crippen LogP contribution in [0.5, 0.6) is 0 Å². The number of hydrogen-bond donors (Lipinski definition) is 3. The number of aliphatic hydroxyl groups is 1. The Morgan fingerprint density at radius 3 is 1.67 bits per heavy atom. The van der Waals surface area contributed by atoms with E-state index in [-0.39, 0.29) is 18.4 Å². The molecule has 0 aliphatic heterocycles. The van der Waals surface area contributed by atoms with Crippen LogP contribution in [0.3, 0.4) is 0 Å². The highest BCUT2D eigenvalue weighted by Crippen LogP contribution is 2.15. The molecular formula is C28H48N2O3. The Labute approximate surface area is 202 Å². The first-order chi connectivity index (χ1) is 16.1. The SMILES string of the molecule is CCCCCCCCCCCCCCCCCCNC(=O)c1ccc(C(=O)NC)cc1CO. The lowest BCUT2D eigenvalue weighted by Crippen LogP contribution is -2.26. The van der Waals surface area contributed by atoms with Crippen LogP contribution < -0.4 is 10.6 Å². The van der Waals surface area contributed by atoms with E-state index in [2.05, 4.69) is 17.6 Å². The molecule has 0 heterocycles. The maximum absolute atomic E-state index is 12.4. The van der Waals surface area contributed by atoms with Gasteiger partial charge in [0.25, 0.3) is 11.8 Å². The van der Waals surface area contributed by atoms with Crippen molar-refractivity contribution in [3.8, 4) is 0 Å². The van der Waals surface area contributed by atoms with Gasteiger partial charge >= 0.3 is 0 Å². The molecule has 0 saturated heterocycles. The van der Waals surface area contributed by atoms with Gasteiger partial charge in [-0.05, 0) is 30.2 Å². The van der Waals surface area contributed by atoms with Crippen LogP contribution in [0.4, 0.5) is 0 Å². The molecule has 33 heavy (non-hydrogen) atoms. The Balaban J connectivity index is 2.00. The fraction of sp³-hybridized carbons (Fsp3) is 0.714. The summed E-state index contributed by atoms with van der Waals surface area (Å²) in [5.41, 5.74) is 1.35. The van der Waals surface area contributed by atoms with Crippen molar-refractivity contribution in [1.29, 1.82) is 0 Å².